The molecule has 0 aliphatic carbocycles. The second-order valence-corrected chi connectivity index (χ2v) is 7.01. The van der Waals surface area contributed by atoms with Crippen LogP contribution < -0.4 is 16.0 Å². The summed E-state index contributed by atoms with van der Waals surface area (Å²) in [5.41, 5.74) is 7.28. The Morgan fingerprint density at radius 1 is 1.12 bits per heavy atom. The summed E-state index contributed by atoms with van der Waals surface area (Å²) in [6, 6.07) is 14.6. The summed E-state index contributed by atoms with van der Waals surface area (Å²) in [6.45, 7) is 1.32. The second-order valence-electron chi connectivity index (χ2n) is 6.00. The van der Waals surface area contributed by atoms with Gasteiger partial charge in [0.2, 0.25) is 11.8 Å². The van der Waals surface area contributed by atoms with Crippen LogP contribution in [0.3, 0.4) is 0 Å². The normalized spacial score (nSPS) is 14.3. The average molecular weight is 352 g/mol. The maximum Gasteiger partial charge on any atom is 0.248 e. The highest BCUT2D eigenvalue weighted by Crippen LogP contribution is 2.33. The molecule has 2 amide bonds. The predicted molar refractivity (Wildman–Crippen MR) is 98.9 cm³/mol. The number of primary amides is 1. The minimum atomic E-state index is -0.483. The van der Waals surface area contributed by atoms with Gasteiger partial charge in [-0.3, -0.25) is 9.59 Å². The van der Waals surface area contributed by atoms with Gasteiger partial charge in [0, 0.05) is 24.3 Å². The van der Waals surface area contributed by atoms with Crippen molar-refractivity contribution >= 4 is 44.2 Å². The van der Waals surface area contributed by atoms with Crippen LogP contribution in [0.2, 0.25) is 0 Å². The van der Waals surface area contributed by atoms with Crippen LogP contribution in [0.5, 0.6) is 0 Å². The van der Waals surface area contributed by atoms with E-state index in [1.807, 2.05) is 18.2 Å². The van der Waals surface area contributed by atoms with Gasteiger partial charge < -0.3 is 16.0 Å². The first-order valence-electron chi connectivity index (χ1n) is 7.91. The number of fused-ring (bicyclic) bond motifs is 1. The molecule has 0 spiro atoms. The largest absolute Gasteiger partial charge is 0.366 e. The maximum absolute atomic E-state index is 12.3. The maximum atomic E-state index is 12.3. The lowest BCUT2D eigenvalue weighted by atomic mass is 10.00. The number of thiazole rings is 1. The van der Waals surface area contributed by atoms with Crippen LogP contribution in [0, 0.1) is 5.92 Å². The van der Waals surface area contributed by atoms with Crippen LogP contribution in [0.25, 0.3) is 10.2 Å². The summed E-state index contributed by atoms with van der Waals surface area (Å²) in [4.78, 5) is 30.1. The van der Waals surface area contributed by atoms with Crippen LogP contribution in [0.4, 0.5) is 10.8 Å². The SMILES string of the molecule is NC(=O)c1ccc(NC(=O)C2CN(c3nc4ccccc4s3)C2)cc1. The molecule has 3 N–H and O–H groups in total. The number of hydrogen-bond donors (Lipinski definition) is 2. The Balaban J connectivity index is 1.36. The molecule has 0 unspecified atom stereocenters. The van der Waals surface area contributed by atoms with E-state index in [0.717, 1.165) is 15.3 Å². The zero-order chi connectivity index (χ0) is 17.4. The quantitative estimate of drug-likeness (QED) is 0.755. The molecule has 1 aliphatic heterocycles. The number of carbonyl (C=O) groups excluding carboxylic acids is 2. The van der Waals surface area contributed by atoms with E-state index in [9.17, 15) is 9.59 Å². The van der Waals surface area contributed by atoms with E-state index in [1.165, 1.54) is 0 Å². The third-order valence-electron chi connectivity index (χ3n) is 4.24. The zero-order valence-electron chi connectivity index (χ0n) is 13.3. The van der Waals surface area contributed by atoms with Crippen LogP contribution >= 0.6 is 11.3 Å². The van der Waals surface area contributed by atoms with Crippen LogP contribution in [-0.2, 0) is 4.79 Å². The first kappa shape index (κ1) is 15.6. The van der Waals surface area contributed by atoms with Gasteiger partial charge >= 0.3 is 0 Å². The van der Waals surface area contributed by atoms with Crippen LogP contribution in [0.1, 0.15) is 10.4 Å². The molecular weight excluding hydrogens is 336 g/mol. The van der Waals surface area contributed by atoms with Crippen molar-refractivity contribution < 1.29 is 9.59 Å². The van der Waals surface area contributed by atoms with E-state index in [1.54, 1.807) is 35.6 Å². The molecule has 6 nitrogen and oxygen atoms in total. The standard InChI is InChI=1S/C18H16N4O2S/c19-16(23)11-5-7-13(8-6-11)20-17(24)12-9-22(10-12)18-21-14-3-1-2-4-15(14)25-18/h1-8,12H,9-10H2,(H2,19,23)(H,20,24). The number of benzene rings is 2. The number of nitrogens with two attached hydrogens (primary N) is 1. The van der Waals surface area contributed by atoms with Crippen molar-refractivity contribution in [2.24, 2.45) is 11.7 Å². The number of anilines is 2. The van der Waals surface area contributed by atoms with E-state index < -0.39 is 5.91 Å². The van der Waals surface area contributed by atoms with Crippen molar-refractivity contribution in [2.75, 3.05) is 23.3 Å². The predicted octanol–water partition coefficient (Wildman–Crippen LogP) is 2.47. The monoisotopic (exact) mass is 352 g/mol. The van der Waals surface area contributed by atoms with Gasteiger partial charge in [-0.2, -0.15) is 0 Å². The highest BCUT2D eigenvalue weighted by molar-refractivity contribution is 7.22. The van der Waals surface area contributed by atoms with E-state index in [0.29, 0.717) is 24.3 Å². The third kappa shape index (κ3) is 3.06. The molecule has 1 aromatic heterocycles. The lowest BCUT2D eigenvalue weighted by molar-refractivity contribution is -0.120. The summed E-state index contributed by atoms with van der Waals surface area (Å²) >= 11 is 1.64. The van der Waals surface area contributed by atoms with Crippen molar-refractivity contribution in [2.45, 2.75) is 0 Å². The number of carbonyl (C=O) groups is 2. The lowest BCUT2D eigenvalue weighted by Crippen LogP contribution is -2.52. The molecule has 0 bridgehead atoms. The molecule has 1 fully saturated rings. The fraction of sp³-hybridized carbons (Fsp3) is 0.167. The molecule has 0 saturated carbocycles. The van der Waals surface area contributed by atoms with Crippen LogP contribution in [-0.4, -0.2) is 29.9 Å². The number of para-hydroxylation sites is 1. The average Bonchev–Trinajstić information content (AvgIpc) is 2.97. The summed E-state index contributed by atoms with van der Waals surface area (Å²) < 4.78 is 1.15. The summed E-state index contributed by atoms with van der Waals surface area (Å²) in [6.07, 6.45) is 0. The van der Waals surface area contributed by atoms with E-state index in [-0.39, 0.29) is 11.8 Å². The Kier molecular flexibility index (Phi) is 3.85. The Hall–Kier alpha value is -2.93. The minimum Gasteiger partial charge on any atom is -0.366 e. The molecule has 25 heavy (non-hydrogen) atoms. The van der Waals surface area contributed by atoms with Crippen molar-refractivity contribution in [1.29, 1.82) is 0 Å². The molecular formula is C18H16N4O2S. The molecule has 1 aliphatic rings. The number of nitrogens with zero attached hydrogens (tertiary/aromatic N) is 2. The van der Waals surface area contributed by atoms with Crippen molar-refractivity contribution in [1.82, 2.24) is 4.98 Å². The molecule has 1 saturated heterocycles. The Morgan fingerprint density at radius 2 is 1.84 bits per heavy atom. The Bertz CT molecular complexity index is 912. The fourth-order valence-electron chi connectivity index (χ4n) is 2.76. The summed E-state index contributed by atoms with van der Waals surface area (Å²) in [7, 11) is 0. The Labute approximate surface area is 148 Å². The minimum absolute atomic E-state index is 0.0239. The Morgan fingerprint density at radius 3 is 2.52 bits per heavy atom. The summed E-state index contributed by atoms with van der Waals surface area (Å²) in [5, 5.41) is 3.83. The van der Waals surface area contributed by atoms with Gasteiger partial charge in [0.1, 0.15) is 0 Å². The first-order valence-corrected chi connectivity index (χ1v) is 8.73. The fourth-order valence-corrected chi connectivity index (χ4v) is 3.74. The topological polar surface area (TPSA) is 88.3 Å². The number of aromatic nitrogens is 1. The van der Waals surface area contributed by atoms with Gasteiger partial charge in [-0.1, -0.05) is 23.5 Å². The van der Waals surface area contributed by atoms with Crippen LogP contribution in [0.15, 0.2) is 48.5 Å². The van der Waals surface area contributed by atoms with Gasteiger partial charge in [-0.15, -0.1) is 0 Å². The number of amides is 2. The van der Waals surface area contributed by atoms with E-state index >= 15 is 0 Å². The highest BCUT2D eigenvalue weighted by Gasteiger charge is 2.34. The van der Waals surface area contributed by atoms with Crippen molar-refractivity contribution in [3.63, 3.8) is 0 Å². The zero-order valence-corrected chi connectivity index (χ0v) is 14.1. The smallest absolute Gasteiger partial charge is 0.248 e. The molecule has 7 heteroatoms. The molecule has 2 aromatic carbocycles. The molecule has 4 rings (SSSR count). The number of nitrogens with one attached hydrogen (secondary N) is 1. The third-order valence-corrected chi connectivity index (χ3v) is 5.34. The lowest BCUT2D eigenvalue weighted by Gasteiger charge is -2.37. The highest BCUT2D eigenvalue weighted by atomic mass is 32.1. The molecule has 0 radical (unpaired) electrons. The molecule has 126 valence electrons. The van der Waals surface area contributed by atoms with Crippen molar-refractivity contribution in [3.05, 3.63) is 54.1 Å². The van der Waals surface area contributed by atoms with E-state index in [4.69, 9.17) is 5.73 Å². The first-order chi connectivity index (χ1) is 12.1. The summed E-state index contributed by atoms with van der Waals surface area (Å²) in [5.74, 6) is -0.574. The second kappa shape index (κ2) is 6.18. The van der Waals surface area contributed by atoms with Crippen molar-refractivity contribution in [3.8, 4) is 0 Å². The van der Waals surface area contributed by atoms with Gasteiger partial charge in [-0.05, 0) is 36.4 Å². The molecule has 2 heterocycles. The van der Waals surface area contributed by atoms with Gasteiger partial charge in [0.15, 0.2) is 5.13 Å². The van der Waals surface area contributed by atoms with Gasteiger partial charge in [0.05, 0.1) is 16.1 Å². The van der Waals surface area contributed by atoms with E-state index in [2.05, 4.69) is 21.3 Å². The number of hydrogen-bond acceptors (Lipinski definition) is 5. The van der Waals surface area contributed by atoms with Gasteiger partial charge in [-0.25, -0.2) is 4.98 Å². The molecule has 0 atom stereocenters. The number of rotatable bonds is 4. The molecule has 3 aromatic rings. The van der Waals surface area contributed by atoms with Gasteiger partial charge in [0.25, 0.3) is 0 Å².